The van der Waals surface area contributed by atoms with Gasteiger partial charge in [0.05, 0.1) is 30.5 Å². The molecule has 1 saturated heterocycles. The van der Waals surface area contributed by atoms with E-state index < -0.39 is 5.82 Å². The summed E-state index contributed by atoms with van der Waals surface area (Å²) in [5, 5.41) is 3.32. The molecule has 0 saturated carbocycles. The summed E-state index contributed by atoms with van der Waals surface area (Å²) >= 11 is 3.54. The Bertz CT molecular complexity index is 1420. The number of amides is 1. The molecule has 0 aliphatic carbocycles. The number of rotatable bonds is 9. The Hall–Kier alpha value is -3.60. The number of carbonyl (C=O) groups excluding carboxylic acids is 1. The van der Waals surface area contributed by atoms with E-state index in [9.17, 15) is 9.18 Å². The lowest BCUT2D eigenvalue weighted by Crippen LogP contribution is -2.38. The van der Waals surface area contributed by atoms with Gasteiger partial charge in [-0.3, -0.25) is 14.7 Å². The molecule has 0 atom stereocenters. The van der Waals surface area contributed by atoms with Crippen LogP contribution in [0.1, 0.15) is 5.56 Å². The number of fused-ring (bicyclic) bond motifs is 1. The second-order valence-corrected chi connectivity index (χ2v) is 9.50. The van der Waals surface area contributed by atoms with Gasteiger partial charge in [0.2, 0.25) is 11.8 Å². The van der Waals surface area contributed by atoms with Crippen LogP contribution in [0.5, 0.6) is 17.4 Å². The fourth-order valence-corrected chi connectivity index (χ4v) is 4.62. The molecule has 8 nitrogen and oxygen atoms in total. The maximum absolute atomic E-state index is 14.9. The lowest BCUT2D eigenvalue weighted by Gasteiger charge is -2.26. The zero-order chi connectivity index (χ0) is 26.3. The Balaban J connectivity index is 1.25. The number of anilines is 1. The van der Waals surface area contributed by atoms with Gasteiger partial charge in [-0.25, -0.2) is 9.37 Å². The van der Waals surface area contributed by atoms with Crippen molar-refractivity contribution in [2.45, 2.75) is 6.42 Å². The van der Waals surface area contributed by atoms with Crippen molar-refractivity contribution >= 4 is 38.4 Å². The predicted molar refractivity (Wildman–Crippen MR) is 145 cm³/mol. The maximum atomic E-state index is 14.9. The highest BCUT2D eigenvalue weighted by Gasteiger charge is 2.16. The first-order valence-corrected chi connectivity index (χ1v) is 13.0. The minimum Gasteiger partial charge on any atom is -0.475 e. The van der Waals surface area contributed by atoms with Gasteiger partial charge < -0.3 is 19.5 Å². The summed E-state index contributed by atoms with van der Waals surface area (Å²) in [5.41, 5.74) is 1.81. The smallest absolute Gasteiger partial charge is 0.230 e. The van der Waals surface area contributed by atoms with Crippen molar-refractivity contribution < 1.29 is 23.4 Å². The molecule has 4 aromatic rings. The number of aromatic nitrogens is 2. The number of carbonyl (C=O) groups is 1. The van der Waals surface area contributed by atoms with E-state index in [1.807, 2.05) is 30.3 Å². The SMILES string of the molecule is O=C(Cc1ccccc1)Nc1ccc(Oc2ccnc3c(Br)c(OCCN4CCOCC4)ncc23)c(F)c1. The molecule has 0 bridgehead atoms. The fourth-order valence-electron chi connectivity index (χ4n) is 4.09. The largest absolute Gasteiger partial charge is 0.475 e. The first kappa shape index (κ1) is 26.0. The van der Waals surface area contributed by atoms with Crippen LogP contribution in [0, 0.1) is 5.82 Å². The molecular weight excluding hydrogens is 555 g/mol. The van der Waals surface area contributed by atoms with Gasteiger partial charge in [-0.1, -0.05) is 30.3 Å². The molecule has 1 aliphatic heterocycles. The average Bonchev–Trinajstić information content (AvgIpc) is 2.93. The number of benzene rings is 2. The van der Waals surface area contributed by atoms with Gasteiger partial charge in [0.25, 0.3) is 0 Å². The van der Waals surface area contributed by atoms with E-state index in [0.717, 1.165) is 38.4 Å². The Kier molecular flexibility index (Phi) is 8.42. The molecule has 2 aromatic carbocycles. The van der Waals surface area contributed by atoms with Crippen LogP contribution in [0.4, 0.5) is 10.1 Å². The molecule has 1 N–H and O–H groups in total. The quantitative estimate of drug-likeness (QED) is 0.290. The zero-order valence-corrected chi connectivity index (χ0v) is 22.1. The Labute approximate surface area is 227 Å². The highest BCUT2D eigenvalue weighted by molar-refractivity contribution is 9.10. The summed E-state index contributed by atoms with van der Waals surface area (Å²) in [4.78, 5) is 23.4. The van der Waals surface area contributed by atoms with Crippen LogP contribution in [-0.4, -0.2) is 60.2 Å². The summed E-state index contributed by atoms with van der Waals surface area (Å²) in [6.45, 7) is 4.49. The van der Waals surface area contributed by atoms with Gasteiger partial charge in [0, 0.05) is 43.8 Å². The summed E-state index contributed by atoms with van der Waals surface area (Å²) in [5.74, 6) is -0.00797. The topological polar surface area (TPSA) is 85.8 Å². The van der Waals surface area contributed by atoms with E-state index in [2.05, 4.69) is 36.1 Å². The van der Waals surface area contributed by atoms with Crippen molar-refractivity contribution in [2.75, 3.05) is 44.8 Å². The third-order valence-corrected chi connectivity index (χ3v) is 6.76. The van der Waals surface area contributed by atoms with Crippen molar-refractivity contribution in [3.8, 4) is 17.4 Å². The minimum absolute atomic E-state index is 0.0144. The van der Waals surface area contributed by atoms with Gasteiger partial charge in [0.1, 0.15) is 16.8 Å². The molecule has 0 radical (unpaired) electrons. The molecule has 0 unspecified atom stereocenters. The molecule has 1 aliphatic rings. The number of hydrogen-bond acceptors (Lipinski definition) is 7. The van der Waals surface area contributed by atoms with E-state index in [1.54, 1.807) is 24.5 Å². The number of ether oxygens (including phenoxy) is 3. The Morgan fingerprint density at radius 2 is 1.89 bits per heavy atom. The molecule has 10 heteroatoms. The summed E-state index contributed by atoms with van der Waals surface area (Å²) in [6, 6.07) is 15.3. The molecule has 5 rings (SSSR count). The number of halogens is 2. The van der Waals surface area contributed by atoms with E-state index in [-0.39, 0.29) is 18.1 Å². The van der Waals surface area contributed by atoms with Gasteiger partial charge in [-0.05, 0) is 39.7 Å². The van der Waals surface area contributed by atoms with Crippen molar-refractivity contribution in [2.24, 2.45) is 0 Å². The Morgan fingerprint density at radius 1 is 1.08 bits per heavy atom. The van der Waals surface area contributed by atoms with Crippen LogP contribution in [0.15, 0.2) is 71.5 Å². The monoisotopic (exact) mass is 580 g/mol. The normalized spacial score (nSPS) is 13.8. The highest BCUT2D eigenvalue weighted by atomic mass is 79.9. The molecular formula is C28H26BrFN4O4. The van der Waals surface area contributed by atoms with E-state index in [1.165, 1.54) is 12.1 Å². The second-order valence-electron chi connectivity index (χ2n) is 8.71. The number of morpholine rings is 1. The molecule has 1 fully saturated rings. The third kappa shape index (κ3) is 6.45. The number of nitrogens with zero attached hydrogens (tertiary/aromatic N) is 3. The zero-order valence-electron chi connectivity index (χ0n) is 20.5. The molecule has 0 spiro atoms. The summed E-state index contributed by atoms with van der Waals surface area (Å²) in [6.07, 6.45) is 3.38. The van der Waals surface area contributed by atoms with Crippen LogP contribution >= 0.6 is 15.9 Å². The van der Waals surface area contributed by atoms with Gasteiger partial charge in [-0.15, -0.1) is 0 Å². The van der Waals surface area contributed by atoms with E-state index >= 15 is 0 Å². The lowest BCUT2D eigenvalue weighted by atomic mass is 10.1. The molecule has 2 aromatic heterocycles. The average molecular weight is 581 g/mol. The number of hydrogen-bond donors (Lipinski definition) is 1. The molecule has 3 heterocycles. The minimum atomic E-state index is -0.609. The van der Waals surface area contributed by atoms with Gasteiger partial charge in [0.15, 0.2) is 11.6 Å². The standard InChI is InChI=1S/C28H26BrFN4O4/c29-26-27-21(18-32-28(26)37-15-12-34-10-13-36-14-11-34)23(8-9-31-27)38-24-7-6-20(17-22(24)30)33-25(35)16-19-4-2-1-3-5-19/h1-9,17-18H,10-16H2,(H,33,35). The number of pyridine rings is 2. The first-order valence-electron chi connectivity index (χ1n) is 12.2. The maximum Gasteiger partial charge on any atom is 0.230 e. The first-order chi connectivity index (χ1) is 18.6. The van der Waals surface area contributed by atoms with Crippen LogP contribution < -0.4 is 14.8 Å². The molecule has 38 heavy (non-hydrogen) atoms. The number of nitrogens with one attached hydrogen (secondary N) is 1. The Morgan fingerprint density at radius 3 is 2.68 bits per heavy atom. The van der Waals surface area contributed by atoms with Crippen LogP contribution in [0.25, 0.3) is 10.9 Å². The summed E-state index contributed by atoms with van der Waals surface area (Å²) < 4.78 is 32.6. The fraction of sp³-hybridized carbons (Fsp3) is 0.250. The molecule has 1 amide bonds. The summed E-state index contributed by atoms with van der Waals surface area (Å²) in [7, 11) is 0. The van der Waals surface area contributed by atoms with Crippen molar-refractivity contribution in [3.05, 3.63) is 82.8 Å². The van der Waals surface area contributed by atoms with Crippen LogP contribution in [0.2, 0.25) is 0 Å². The van der Waals surface area contributed by atoms with Crippen molar-refractivity contribution in [1.82, 2.24) is 14.9 Å². The molecule has 196 valence electrons. The lowest BCUT2D eigenvalue weighted by molar-refractivity contribution is -0.115. The third-order valence-electron chi connectivity index (χ3n) is 6.05. The van der Waals surface area contributed by atoms with Crippen molar-refractivity contribution in [1.29, 1.82) is 0 Å². The second kappa shape index (κ2) is 12.3. The van der Waals surface area contributed by atoms with Crippen LogP contribution in [0.3, 0.4) is 0 Å². The van der Waals surface area contributed by atoms with Crippen molar-refractivity contribution in [3.63, 3.8) is 0 Å². The van der Waals surface area contributed by atoms with Gasteiger partial charge in [-0.2, -0.15) is 0 Å². The highest BCUT2D eigenvalue weighted by Crippen LogP contribution is 2.36. The predicted octanol–water partition coefficient (Wildman–Crippen LogP) is 5.22. The van der Waals surface area contributed by atoms with Gasteiger partial charge >= 0.3 is 0 Å². The van der Waals surface area contributed by atoms with Crippen LogP contribution in [-0.2, 0) is 16.0 Å². The van der Waals surface area contributed by atoms with E-state index in [0.29, 0.717) is 39.3 Å². The van der Waals surface area contributed by atoms with E-state index in [4.69, 9.17) is 14.2 Å².